The van der Waals surface area contributed by atoms with Crippen molar-refractivity contribution in [2.45, 2.75) is 12.8 Å². The molecule has 0 saturated carbocycles. The van der Waals surface area contributed by atoms with Crippen molar-refractivity contribution in [1.82, 2.24) is 0 Å². The topological polar surface area (TPSA) is 0 Å². The molecule has 1 aromatic carbocycles. The molecule has 0 N–H and O–H groups in total. The summed E-state index contributed by atoms with van der Waals surface area (Å²) in [6.45, 7) is 0. The molecule has 1 aromatic rings. The van der Waals surface area contributed by atoms with E-state index in [1.54, 1.807) is 0 Å². The normalized spacial score (nSPS) is 10.5. The van der Waals surface area contributed by atoms with Crippen LogP contribution in [0.15, 0.2) is 12.1 Å². The zero-order chi connectivity index (χ0) is 9.84. The van der Waals surface area contributed by atoms with E-state index in [2.05, 4.69) is 15.9 Å². The van der Waals surface area contributed by atoms with Crippen molar-refractivity contribution in [3.63, 3.8) is 0 Å². The second-order valence-corrected chi connectivity index (χ2v) is 3.44. The third-order valence-corrected chi connectivity index (χ3v) is 2.23. The van der Waals surface area contributed by atoms with Crippen molar-refractivity contribution in [2.75, 3.05) is 5.33 Å². The zero-order valence-corrected chi connectivity index (χ0v) is 8.37. The molecule has 0 unspecified atom stereocenters. The van der Waals surface area contributed by atoms with Gasteiger partial charge in [-0.1, -0.05) is 15.9 Å². The molecule has 0 aliphatic rings. The Morgan fingerprint density at radius 3 is 2.23 bits per heavy atom. The summed E-state index contributed by atoms with van der Waals surface area (Å²) in [6.07, 6.45) is 1.11. The molecule has 0 fully saturated rings. The molecule has 0 radical (unpaired) electrons. The molecule has 0 saturated heterocycles. The van der Waals surface area contributed by atoms with Gasteiger partial charge in [-0.25, -0.2) is 13.2 Å². The molecule has 0 amide bonds. The lowest BCUT2D eigenvalue weighted by Crippen LogP contribution is -1.95. The van der Waals surface area contributed by atoms with Crippen LogP contribution in [0.2, 0.25) is 0 Å². The van der Waals surface area contributed by atoms with Gasteiger partial charge in [0.05, 0.1) is 0 Å². The zero-order valence-electron chi connectivity index (χ0n) is 6.79. The maximum Gasteiger partial charge on any atom is 0.161 e. The summed E-state index contributed by atoms with van der Waals surface area (Å²) >= 11 is 3.17. The first kappa shape index (κ1) is 10.6. The molecule has 0 nitrogen and oxygen atoms in total. The predicted molar refractivity (Wildman–Crippen MR) is 48.4 cm³/mol. The van der Waals surface area contributed by atoms with Gasteiger partial charge >= 0.3 is 0 Å². The Labute approximate surface area is 82.9 Å². The summed E-state index contributed by atoms with van der Waals surface area (Å²) in [5.41, 5.74) is 0.221. The highest BCUT2D eigenvalue weighted by atomic mass is 79.9. The van der Waals surface area contributed by atoms with Gasteiger partial charge in [-0.2, -0.15) is 0 Å². The summed E-state index contributed by atoms with van der Waals surface area (Å²) in [4.78, 5) is 0. The van der Waals surface area contributed by atoms with Crippen LogP contribution in [0, 0.1) is 17.5 Å². The fraction of sp³-hybridized carbons (Fsp3) is 0.333. The minimum atomic E-state index is -1.14. The number of aryl methyl sites for hydroxylation is 1. The summed E-state index contributed by atoms with van der Waals surface area (Å²) in [7, 11) is 0. The van der Waals surface area contributed by atoms with E-state index in [1.807, 2.05) is 0 Å². The van der Waals surface area contributed by atoms with Crippen LogP contribution < -0.4 is 0 Å². The molecule has 13 heavy (non-hydrogen) atoms. The summed E-state index contributed by atoms with van der Waals surface area (Å²) in [6, 6.07) is 1.49. The van der Waals surface area contributed by atoms with Crippen LogP contribution >= 0.6 is 15.9 Å². The van der Waals surface area contributed by atoms with Crippen molar-refractivity contribution in [3.8, 4) is 0 Å². The van der Waals surface area contributed by atoms with E-state index >= 15 is 0 Å². The van der Waals surface area contributed by atoms with Gasteiger partial charge in [0.25, 0.3) is 0 Å². The number of rotatable bonds is 3. The van der Waals surface area contributed by atoms with Gasteiger partial charge in [0.2, 0.25) is 0 Å². The van der Waals surface area contributed by atoms with E-state index in [-0.39, 0.29) is 5.56 Å². The van der Waals surface area contributed by atoms with Gasteiger partial charge in [-0.3, -0.25) is 0 Å². The maximum absolute atomic E-state index is 12.9. The van der Waals surface area contributed by atoms with E-state index < -0.39 is 17.5 Å². The lowest BCUT2D eigenvalue weighted by molar-refractivity contribution is 0.489. The smallest absolute Gasteiger partial charge is 0.161 e. The Kier molecular flexibility index (Phi) is 3.78. The van der Waals surface area contributed by atoms with Gasteiger partial charge in [0, 0.05) is 11.4 Å². The van der Waals surface area contributed by atoms with Gasteiger partial charge in [0.1, 0.15) is 5.82 Å². The van der Waals surface area contributed by atoms with Crippen LogP contribution in [0.4, 0.5) is 13.2 Å². The van der Waals surface area contributed by atoms with Crippen LogP contribution in [0.25, 0.3) is 0 Å². The molecule has 0 bridgehead atoms. The average Bonchev–Trinajstić information content (AvgIpc) is 2.09. The van der Waals surface area contributed by atoms with E-state index in [0.717, 1.165) is 6.07 Å². The average molecular weight is 253 g/mol. The van der Waals surface area contributed by atoms with E-state index in [1.165, 1.54) is 0 Å². The molecule has 0 spiro atoms. The highest BCUT2D eigenvalue weighted by molar-refractivity contribution is 9.09. The number of benzene rings is 1. The third kappa shape index (κ3) is 2.72. The molecular weight excluding hydrogens is 245 g/mol. The lowest BCUT2D eigenvalue weighted by Gasteiger charge is -2.02. The third-order valence-electron chi connectivity index (χ3n) is 1.67. The Hall–Kier alpha value is -0.510. The van der Waals surface area contributed by atoms with Crippen molar-refractivity contribution < 1.29 is 13.2 Å². The molecule has 0 aliphatic heterocycles. The minimum Gasteiger partial charge on any atom is -0.207 e. The number of hydrogen-bond donors (Lipinski definition) is 0. The Morgan fingerprint density at radius 2 is 1.62 bits per heavy atom. The number of halogens is 4. The Balaban J connectivity index is 2.88. The van der Waals surface area contributed by atoms with E-state index in [9.17, 15) is 13.2 Å². The molecule has 1 rings (SSSR count). The first-order chi connectivity index (χ1) is 6.15. The molecule has 0 heterocycles. The van der Waals surface area contributed by atoms with E-state index in [0.29, 0.717) is 24.2 Å². The second kappa shape index (κ2) is 4.65. The molecular formula is C9H8BrF3. The van der Waals surface area contributed by atoms with Crippen LogP contribution in [0.1, 0.15) is 12.0 Å². The van der Waals surface area contributed by atoms with Crippen molar-refractivity contribution >= 4 is 15.9 Å². The standard InChI is InChI=1S/C9H8BrF3/c10-3-1-2-6-4-8(12)9(13)5-7(6)11/h4-5H,1-3H2. The van der Waals surface area contributed by atoms with Gasteiger partial charge < -0.3 is 0 Å². The first-order valence-electron chi connectivity index (χ1n) is 3.84. The van der Waals surface area contributed by atoms with Crippen LogP contribution in [-0.2, 0) is 6.42 Å². The van der Waals surface area contributed by atoms with Crippen molar-refractivity contribution in [1.29, 1.82) is 0 Å². The number of alkyl halides is 1. The van der Waals surface area contributed by atoms with Crippen LogP contribution in [0.5, 0.6) is 0 Å². The Bertz CT molecular complexity index is 299. The van der Waals surface area contributed by atoms with Gasteiger partial charge in [-0.15, -0.1) is 0 Å². The van der Waals surface area contributed by atoms with Gasteiger partial charge in [-0.05, 0) is 24.5 Å². The summed E-state index contributed by atoms with van der Waals surface area (Å²) < 4.78 is 38.0. The predicted octanol–water partition coefficient (Wildman–Crippen LogP) is 3.43. The molecule has 0 atom stereocenters. The fourth-order valence-corrected chi connectivity index (χ4v) is 1.29. The molecule has 72 valence electrons. The SMILES string of the molecule is Fc1cc(F)c(CCCBr)cc1F. The second-order valence-electron chi connectivity index (χ2n) is 2.65. The molecule has 0 aliphatic carbocycles. The van der Waals surface area contributed by atoms with Gasteiger partial charge in [0.15, 0.2) is 11.6 Å². The maximum atomic E-state index is 12.9. The largest absolute Gasteiger partial charge is 0.207 e. The fourth-order valence-electron chi connectivity index (χ4n) is 1.01. The summed E-state index contributed by atoms with van der Waals surface area (Å²) in [5.74, 6) is -2.81. The monoisotopic (exact) mass is 252 g/mol. The van der Waals surface area contributed by atoms with Crippen LogP contribution in [-0.4, -0.2) is 5.33 Å². The quantitative estimate of drug-likeness (QED) is 0.571. The highest BCUT2D eigenvalue weighted by Gasteiger charge is 2.08. The first-order valence-corrected chi connectivity index (χ1v) is 4.96. The number of hydrogen-bond acceptors (Lipinski definition) is 0. The molecule has 0 aromatic heterocycles. The highest BCUT2D eigenvalue weighted by Crippen LogP contribution is 2.15. The van der Waals surface area contributed by atoms with Crippen molar-refractivity contribution in [3.05, 3.63) is 35.1 Å². The van der Waals surface area contributed by atoms with E-state index in [4.69, 9.17) is 0 Å². The van der Waals surface area contributed by atoms with Crippen LogP contribution in [0.3, 0.4) is 0 Å². The van der Waals surface area contributed by atoms with Crippen molar-refractivity contribution in [2.24, 2.45) is 0 Å². The molecule has 4 heteroatoms. The Morgan fingerprint density at radius 1 is 1.00 bits per heavy atom. The lowest BCUT2D eigenvalue weighted by atomic mass is 10.1. The summed E-state index contributed by atoms with van der Waals surface area (Å²) in [5, 5.41) is 0.714. The minimum absolute atomic E-state index is 0.221.